The fourth-order valence-electron chi connectivity index (χ4n) is 0.913. The van der Waals surface area contributed by atoms with Crippen LogP contribution >= 0.6 is 0 Å². The van der Waals surface area contributed by atoms with Crippen LogP contribution in [0.15, 0.2) is 37.1 Å². The van der Waals surface area contributed by atoms with E-state index < -0.39 is 5.97 Å². The lowest BCUT2D eigenvalue weighted by molar-refractivity contribution is -0.148. The van der Waals surface area contributed by atoms with Crippen LogP contribution < -0.4 is 0 Å². The molecule has 0 fully saturated rings. The van der Waals surface area contributed by atoms with Gasteiger partial charge in [0.25, 0.3) is 0 Å². The topological polar surface area (TPSA) is 35.5 Å². The van der Waals surface area contributed by atoms with E-state index in [1.54, 1.807) is 12.1 Å². The highest BCUT2D eigenvalue weighted by Crippen LogP contribution is 2.04. The molecule has 0 amide bonds. The highest BCUT2D eigenvalue weighted by Gasteiger charge is 2.02. The van der Waals surface area contributed by atoms with Gasteiger partial charge in [-0.2, -0.15) is 0 Å². The molecule has 0 saturated heterocycles. The first-order valence-electron chi connectivity index (χ1n) is 4.35. The van der Waals surface area contributed by atoms with Gasteiger partial charge in [-0.1, -0.05) is 18.7 Å². The Morgan fingerprint density at radius 3 is 2.67 bits per heavy atom. The van der Waals surface area contributed by atoms with Crippen LogP contribution in [0.2, 0.25) is 0 Å². The van der Waals surface area contributed by atoms with Crippen molar-refractivity contribution in [3.63, 3.8) is 0 Å². The Kier molecular flexibility index (Phi) is 4.34. The molecule has 4 heteroatoms. The Labute approximate surface area is 87.1 Å². The average molecular weight is 210 g/mol. The normalized spacial score (nSPS) is 9.40. The molecule has 0 aliphatic heterocycles. The maximum atomic E-state index is 12.5. The van der Waals surface area contributed by atoms with Crippen LogP contribution in [0.1, 0.15) is 5.56 Å². The van der Waals surface area contributed by atoms with Gasteiger partial charge >= 0.3 is 5.97 Å². The smallest absolute Gasteiger partial charge is 0.344 e. The van der Waals surface area contributed by atoms with Crippen molar-refractivity contribution >= 4 is 5.97 Å². The fourth-order valence-corrected chi connectivity index (χ4v) is 0.913. The summed E-state index contributed by atoms with van der Waals surface area (Å²) in [6.45, 7) is 3.24. The first kappa shape index (κ1) is 11.2. The maximum Gasteiger partial charge on any atom is 0.344 e. The standard InChI is InChI=1S/C11H11FO3/c1-2-14-8-11(13)15-7-9-3-5-10(12)6-4-9/h2-6H,1,7-8H2. The summed E-state index contributed by atoms with van der Waals surface area (Å²) in [6.07, 6.45) is 1.17. The average Bonchev–Trinajstić information content (AvgIpc) is 2.25. The second-order valence-corrected chi connectivity index (χ2v) is 2.76. The summed E-state index contributed by atoms with van der Waals surface area (Å²) >= 11 is 0. The van der Waals surface area contributed by atoms with Crippen LogP contribution in [0.3, 0.4) is 0 Å². The third kappa shape index (κ3) is 4.26. The van der Waals surface area contributed by atoms with Gasteiger partial charge in [0.05, 0.1) is 6.26 Å². The Morgan fingerprint density at radius 2 is 2.07 bits per heavy atom. The molecule has 0 atom stereocenters. The van der Waals surface area contributed by atoms with Gasteiger partial charge in [-0.25, -0.2) is 9.18 Å². The van der Waals surface area contributed by atoms with Gasteiger partial charge in [-0.15, -0.1) is 0 Å². The molecule has 0 saturated carbocycles. The molecule has 3 nitrogen and oxygen atoms in total. The first-order valence-corrected chi connectivity index (χ1v) is 4.35. The van der Waals surface area contributed by atoms with Crippen molar-refractivity contribution in [2.24, 2.45) is 0 Å². The lowest BCUT2D eigenvalue weighted by Crippen LogP contribution is -2.10. The van der Waals surface area contributed by atoms with Gasteiger partial charge in [0.1, 0.15) is 12.4 Å². The molecule has 0 N–H and O–H groups in total. The Bertz CT molecular complexity index is 332. The molecule has 0 aliphatic carbocycles. The van der Waals surface area contributed by atoms with E-state index in [0.29, 0.717) is 0 Å². The van der Waals surface area contributed by atoms with Crippen molar-refractivity contribution in [1.82, 2.24) is 0 Å². The molecule has 1 rings (SSSR count). The van der Waals surface area contributed by atoms with E-state index in [2.05, 4.69) is 11.3 Å². The monoisotopic (exact) mass is 210 g/mol. The zero-order valence-electron chi connectivity index (χ0n) is 8.11. The summed E-state index contributed by atoms with van der Waals surface area (Å²) in [5.41, 5.74) is 0.725. The molecule has 80 valence electrons. The van der Waals surface area contributed by atoms with Gasteiger partial charge < -0.3 is 9.47 Å². The van der Waals surface area contributed by atoms with E-state index in [4.69, 9.17) is 4.74 Å². The number of hydrogen-bond acceptors (Lipinski definition) is 3. The van der Waals surface area contributed by atoms with Crippen molar-refractivity contribution in [2.45, 2.75) is 6.61 Å². The molecule has 15 heavy (non-hydrogen) atoms. The van der Waals surface area contributed by atoms with E-state index in [1.165, 1.54) is 18.4 Å². The van der Waals surface area contributed by atoms with Crippen LogP contribution in [-0.4, -0.2) is 12.6 Å². The van der Waals surface area contributed by atoms with Crippen molar-refractivity contribution in [3.05, 3.63) is 48.5 Å². The Hall–Kier alpha value is -1.84. The van der Waals surface area contributed by atoms with E-state index in [0.717, 1.165) is 5.56 Å². The van der Waals surface area contributed by atoms with E-state index in [1.807, 2.05) is 0 Å². The third-order valence-electron chi connectivity index (χ3n) is 1.63. The SMILES string of the molecule is C=COCC(=O)OCc1ccc(F)cc1. The van der Waals surface area contributed by atoms with Crippen LogP contribution in [0.25, 0.3) is 0 Å². The summed E-state index contributed by atoms with van der Waals surface area (Å²) in [7, 11) is 0. The number of esters is 1. The minimum atomic E-state index is -0.487. The van der Waals surface area contributed by atoms with Crippen LogP contribution in [-0.2, 0) is 20.9 Å². The van der Waals surface area contributed by atoms with Gasteiger partial charge in [0, 0.05) is 0 Å². The molecule has 1 aromatic rings. The van der Waals surface area contributed by atoms with E-state index in [-0.39, 0.29) is 19.0 Å². The highest BCUT2D eigenvalue weighted by molar-refractivity contribution is 5.70. The molecule has 0 unspecified atom stereocenters. The summed E-state index contributed by atoms with van der Waals surface area (Å²) < 4.78 is 22.0. The Balaban J connectivity index is 2.33. The van der Waals surface area contributed by atoms with Crippen LogP contribution in [0.5, 0.6) is 0 Å². The molecule has 0 spiro atoms. The van der Waals surface area contributed by atoms with Gasteiger partial charge in [0.15, 0.2) is 6.61 Å². The lowest BCUT2D eigenvalue weighted by atomic mass is 10.2. The molecule has 0 bridgehead atoms. The second-order valence-electron chi connectivity index (χ2n) is 2.76. The molecule has 0 aliphatic rings. The number of carbonyl (C=O) groups is 1. The zero-order valence-corrected chi connectivity index (χ0v) is 8.11. The Morgan fingerprint density at radius 1 is 1.40 bits per heavy atom. The van der Waals surface area contributed by atoms with Crippen molar-refractivity contribution in [1.29, 1.82) is 0 Å². The molecule has 0 radical (unpaired) electrons. The largest absolute Gasteiger partial charge is 0.490 e. The van der Waals surface area contributed by atoms with Crippen molar-refractivity contribution in [3.8, 4) is 0 Å². The molecule has 1 aromatic carbocycles. The third-order valence-corrected chi connectivity index (χ3v) is 1.63. The number of hydrogen-bond donors (Lipinski definition) is 0. The van der Waals surface area contributed by atoms with E-state index in [9.17, 15) is 9.18 Å². The minimum absolute atomic E-state index is 0.111. The summed E-state index contributed by atoms with van der Waals surface area (Å²) in [4.78, 5) is 11.0. The number of halogens is 1. The van der Waals surface area contributed by atoms with Crippen molar-refractivity contribution < 1.29 is 18.7 Å². The summed E-state index contributed by atoms with van der Waals surface area (Å²) in [5, 5.41) is 0. The van der Waals surface area contributed by atoms with Crippen LogP contribution in [0.4, 0.5) is 4.39 Å². The van der Waals surface area contributed by atoms with Crippen molar-refractivity contribution in [2.75, 3.05) is 6.61 Å². The molecule has 0 aromatic heterocycles. The van der Waals surface area contributed by atoms with Crippen LogP contribution in [0, 0.1) is 5.82 Å². The predicted octanol–water partition coefficient (Wildman–Crippen LogP) is 2.03. The van der Waals surface area contributed by atoms with Gasteiger partial charge in [-0.05, 0) is 17.7 Å². The maximum absolute atomic E-state index is 12.5. The molecular weight excluding hydrogens is 199 g/mol. The number of rotatable bonds is 5. The molecular formula is C11H11FO3. The zero-order chi connectivity index (χ0) is 11.1. The molecule has 0 heterocycles. The summed E-state index contributed by atoms with van der Waals surface area (Å²) in [6, 6.07) is 5.72. The lowest BCUT2D eigenvalue weighted by Gasteiger charge is -2.04. The number of benzene rings is 1. The quantitative estimate of drug-likeness (QED) is 0.551. The summed E-state index contributed by atoms with van der Waals surface area (Å²) in [5.74, 6) is -0.806. The van der Waals surface area contributed by atoms with Gasteiger partial charge in [-0.3, -0.25) is 0 Å². The number of carbonyl (C=O) groups excluding carboxylic acids is 1. The predicted molar refractivity (Wildman–Crippen MR) is 52.3 cm³/mol. The fraction of sp³-hybridized carbons (Fsp3) is 0.182. The number of ether oxygens (including phenoxy) is 2. The minimum Gasteiger partial charge on any atom is -0.490 e. The highest BCUT2D eigenvalue weighted by atomic mass is 19.1. The van der Waals surface area contributed by atoms with E-state index >= 15 is 0 Å². The first-order chi connectivity index (χ1) is 7.22. The van der Waals surface area contributed by atoms with Gasteiger partial charge in [0.2, 0.25) is 0 Å². The second kappa shape index (κ2) is 5.80.